The third kappa shape index (κ3) is 3.45. The van der Waals surface area contributed by atoms with Crippen molar-refractivity contribution in [3.8, 4) is 5.88 Å². The van der Waals surface area contributed by atoms with Gasteiger partial charge in [-0.1, -0.05) is 11.6 Å². The predicted molar refractivity (Wildman–Crippen MR) is 101 cm³/mol. The van der Waals surface area contributed by atoms with Gasteiger partial charge in [0, 0.05) is 18.4 Å². The quantitative estimate of drug-likeness (QED) is 0.839. The van der Waals surface area contributed by atoms with Crippen molar-refractivity contribution in [3.05, 3.63) is 23.6 Å². The van der Waals surface area contributed by atoms with E-state index in [1.165, 1.54) is 0 Å². The van der Waals surface area contributed by atoms with Gasteiger partial charge < -0.3 is 14.8 Å². The van der Waals surface area contributed by atoms with Crippen LogP contribution >= 0.6 is 11.6 Å². The average Bonchev–Trinajstić information content (AvgIpc) is 3.13. The SMILES string of the molecule is CC(C)(C)OC(=O)NCC[C@@H]1[C@@H]2CC2[C@]1(C)Oc1nc(Cl)cn2nccc12. The molecule has 0 saturated heterocycles. The second-order valence-corrected chi connectivity index (χ2v) is 9.03. The number of hydrogen-bond donors (Lipinski definition) is 1. The van der Waals surface area contributed by atoms with Crippen molar-refractivity contribution in [2.24, 2.45) is 17.8 Å². The summed E-state index contributed by atoms with van der Waals surface area (Å²) in [6.45, 7) is 8.26. The molecule has 8 heteroatoms. The molecule has 2 aromatic heterocycles. The van der Waals surface area contributed by atoms with Crippen LogP contribution in [0.5, 0.6) is 5.88 Å². The lowest BCUT2D eigenvalue weighted by molar-refractivity contribution is -0.0728. The molecule has 1 N–H and O–H groups in total. The summed E-state index contributed by atoms with van der Waals surface area (Å²) in [5.41, 5.74) is 0.00696. The maximum Gasteiger partial charge on any atom is 0.407 e. The fraction of sp³-hybridized carbons (Fsp3) is 0.632. The maximum atomic E-state index is 11.8. The average molecular weight is 393 g/mol. The lowest BCUT2D eigenvalue weighted by atomic mass is 9.69. The summed E-state index contributed by atoms with van der Waals surface area (Å²) in [6, 6.07) is 1.87. The number of nitrogens with one attached hydrogen (secondary N) is 1. The Morgan fingerprint density at radius 1 is 1.48 bits per heavy atom. The van der Waals surface area contributed by atoms with Crippen molar-refractivity contribution in [2.45, 2.75) is 51.7 Å². The van der Waals surface area contributed by atoms with Crippen LogP contribution in [-0.4, -0.2) is 38.4 Å². The number of aromatic nitrogens is 3. The summed E-state index contributed by atoms with van der Waals surface area (Å²) in [5.74, 6) is 2.07. The molecule has 2 saturated carbocycles. The van der Waals surface area contributed by atoms with E-state index >= 15 is 0 Å². The van der Waals surface area contributed by atoms with Crippen LogP contribution < -0.4 is 10.1 Å². The van der Waals surface area contributed by atoms with Crippen LogP contribution in [0.1, 0.15) is 40.5 Å². The van der Waals surface area contributed by atoms with Crippen molar-refractivity contribution in [1.82, 2.24) is 19.9 Å². The fourth-order valence-electron chi connectivity index (χ4n) is 4.35. The number of amides is 1. The Morgan fingerprint density at radius 2 is 2.26 bits per heavy atom. The molecule has 27 heavy (non-hydrogen) atoms. The Hall–Kier alpha value is -2.02. The van der Waals surface area contributed by atoms with E-state index in [-0.39, 0.29) is 11.7 Å². The Morgan fingerprint density at radius 3 is 3.00 bits per heavy atom. The number of carbonyl (C=O) groups is 1. The van der Waals surface area contributed by atoms with Crippen LogP contribution in [0.25, 0.3) is 5.52 Å². The summed E-state index contributed by atoms with van der Waals surface area (Å²) in [6.07, 6.45) is 4.98. The van der Waals surface area contributed by atoms with Gasteiger partial charge in [0.15, 0.2) is 5.15 Å². The summed E-state index contributed by atoms with van der Waals surface area (Å²) in [5, 5.41) is 7.40. The van der Waals surface area contributed by atoms with Gasteiger partial charge in [-0.25, -0.2) is 9.31 Å². The first-order valence-corrected chi connectivity index (χ1v) is 9.71. The molecule has 0 bridgehead atoms. The minimum atomic E-state index is -0.491. The fourth-order valence-corrected chi connectivity index (χ4v) is 4.52. The van der Waals surface area contributed by atoms with Crippen LogP contribution in [0, 0.1) is 17.8 Å². The molecule has 1 unspecified atom stereocenters. The number of rotatable bonds is 5. The molecule has 0 radical (unpaired) electrons. The predicted octanol–water partition coefficient (Wildman–Crippen LogP) is 3.70. The van der Waals surface area contributed by atoms with Crippen molar-refractivity contribution in [2.75, 3.05) is 6.54 Å². The zero-order valence-electron chi connectivity index (χ0n) is 16.0. The van der Waals surface area contributed by atoms with Gasteiger partial charge in [0.05, 0.1) is 12.4 Å². The van der Waals surface area contributed by atoms with Gasteiger partial charge in [0.1, 0.15) is 16.7 Å². The smallest absolute Gasteiger partial charge is 0.407 e. The molecular formula is C19H25ClN4O3. The molecule has 2 aromatic rings. The van der Waals surface area contributed by atoms with Gasteiger partial charge in [-0.05, 0) is 52.5 Å². The molecule has 4 rings (SSSR count). The first-order valence-electron chi connectivity index (χ1n) is 9.33. The van der Waals surface area contributed by atoms with Crippen molar-refractivity contribution in [3.63, 3.8) is 0 Å². The van der Waals surface area contributed by atoms with Gasteiger partial charge in [-0.3, -0.25) is 0 Å². The molecular weight excluding hydrogens is 368 g/mol. The molecule has 2 heterocycles. The van der Waals surface area contributed by atoms with Crippen molar-refractivity contribution < 1.29 is 14.3 Å². The number of hydrogen-bond acceptors (Lipinski definition) is 5. The third-order valence-corrected chi connectivity index (χ3v) is 5.78. The molecule has 0 aliphatic heterocycles. The number of fused-ring (bicyclic) bond motifs is 2. The normalized spacial score (nSPS) is 29.0. The van der Waals surface area contributed by atoms with Crippen LogP contribution in [0.15, 0.2) is 18.5 Å². The highest BCUT2D eigenvalue weighted by molar-refractivity contribution is 6.29. The lowest BCUT2D eigenvalue weighted by Crippen LogP contribution is -2.53. The number of halogens is 1. The molecule has 7 nitrogen and oxygen atoms in total. The highest BCUT2D eigenvalue weighted by atomic mass is 35.5. The molecule has 0 spiro atoms. The van der Waals surface area contributed by atoms with Crippen LogP contribution in [0.3, 0.4) is 0 Å². The summed E-state index contributed by atoms with van der Waals surface area (Å²) < 4.78 is 13.4. The minimum Gasteiger partial charge on any atom is -0.469 e. The summed E-state index contributed by atoms with van der Waals surface area (Å²) in [7, 11) is 0. The highest BCUT2D eigenvalue weighted by Gasteiger charge is 2.70. The van der Waals surface area contributed by atoms with Crippen LogP contribution in [0.2, 0.25) is 5.15 Å². The van der Waals surface area contributed by atoms with Gasteiger partial charge >= 0.3 is 6.09 Å². The summed E-state index contributed by atoms with van der Waals surface area (Å²) >= 11 is 6.11. The van der Waals surface area contributed by atoms with Crippen LogP contribution in [-0.2, 0) is 4.74 Å². The first-order chi connectivity index (χ1) is 12.7. The molecule has 0 aromatic carbocycles. The molecule has 2 aliphatic rings. The lowest BCUT2D eigenvalue weighted by Gasteiger charge is -2.46. The largest absolute Gasteiger partial charge is 0.469 e. The topological polar surface area (TPSA) is 77.8 Å². The van der Waals surface area contributed by atoms with Gasteiger partial charge in [-0.15, -0.1) is 0 Å². The molecule has 4 atom stereocenters. The Kier molecular flexibility index (Phi) is 4.25. The maximum absolute atomic E-state index is 11.8. The van der Waals surface area contributed by atoms with E-state index in [4.69, 9.17) is 21.1 Å². The standard InChI is InChI=1S/C19H25ClN4O3/c1-18(2,3)27-17(25)21-7-5-12-11-9-13(11)19(12,4)26-16-14-6-8-22-24(14)10-15(20)23-16/h6,8,10-13H,5,7,9H2,1-4H3,(H,21,25)/t11-,12+,13?,19+/m0/s1. The van der Waals surface area contributed by atoms with Crippen molar-refractivity contribution in [1.29, 1.82) is 0 Å². The zero-order valence-corrected chi connectivity index (χ0v) is 16.8. The number of nitrogens with zero attached hydrogens (tertiary/aromatic N) is 3. The summed E-state index contributed by atoms with van der Waals surface area (Å²) in [4.78, 5) is 16.2. The van der Waals surface area contributed by atoms with E-state index < -0.39 is 5.60 Å². The zero-order chi connectivity index (χ0) is 19.4. The number of carbonyl (C=O) groups excluding carboxylic acids is 1. The molecule has 2 aliphatic carbocycles. The van der Waals surface area contributed by atoms with E-state index in [0.717, 1.165) is 18.4 Å². The third-order valence-electron chi connectivity index (χ3n) is 5.60. The number of alkyl carbamates (subject to hydrolysis) is 1. The Labute approximate surface area is 163 Å². The van der Waals surface area contributed by atoms with E-state index in [2.05, 4.69) is 22.3 Å². The Bertz CT molecular complexity index is 877. The first kappa shape index (κ1) is 18.3. The second-order valence-electron chi connectivity index (χ2n) is 8.65. The molecule has 2 fully saturated rings. The van der Waals surface area contributed by atoms with E-state index in [0.29, 0.717) is 35.3 Å². The van der Waals surface area contributed by atoms with E-state index in [1.54, 1.807) is 16.9 Å². The Balaban J connectivity index is 1.41. The number of ether oxygens (including phenoxy) is 2. The minimum absolute atomic E-state index is 0.303. The second kappa shape index (κ2) is 6.26. The molecule has 1 amide bonds. The van der Waals surface area contributed by atoms with E-state index in [9.17, 15) is 4.79 Å². The van der Waals surface area contributed by atoms with Gasteiger partial charge in [0.2, 0.25) is 5.88 Å². The van der Waals surface area contributed by atoms with Gasteiger partial charge in [-0.2, -0.15) is 10.1 Å². The van der Waals surface area contributed by atoms with Crippen molar-refractivity contribution >= 4 is 23.2 Å². The highest BCUT2D eigenvalue weighted by Crippen LogP contribution is 2.68. The van der Waals surface area contributed by atoms with Crippen LogP contribution in [0.4, 0.5) is 4.79 Å². The molecule has 146 valence electrons. The monoisotopic (exact) mass is 392 g/mol. The van der Waals surface area contributed by atoms with E-state index in [1.807, 2.05) is 26.8 Å². The van der Waals surface area contributed by atoms with Gasteiger partial charge in [0.25, 0.3) is 0 Å².